The van der Waals surface area contributed by atoms with Gasteiger partial charge in [0.05, 0.1) is 7.11 Å². The van der Waals surface area contributed by atoms with Crippen molar-refractivity contribution in [1.29, 1.82) is 0 Å². The molecule has 1 aliphatic heterocycles. The first kappa shape index (κ1) is 16.4. The van der Waals surface area contributed by atoms with E-state index in [-0.39, 0.29) is 23.8 Å². The fourth-order valence-corrected chi connectivity index (χ4v) is 4.23. The predicted octanol–water partition coefficient (Wildman–Crippen LogP) is 1.59. The summed E-state index contributed by atoms with van der Waals surface area (Å²) < 4.78 is 30.3. The number of ether oxygens (including phenoxy) is 1. The number of rotatable bonds is 4. The number of ketones is 1. The highest BCUT2D eigenvalue weighted by molar-refractivity contribution is 7.90. The highest BCUT2D eigenvalue weighted by Crippen LogP contribution is 2.41. The second-order valence-corrected chi connectivity index (χ2v) is 7.79. The van der Waals surface area contributed by atoms with Gasteiger partial charge in [-0.2, -0.15) is 0 Å². The maximum absolute atomic E-state index is 13.1. The molecule has 0 saturated carbocycles. The average Bonchev–Trinajstić information content (AvgIpc) is 3.14. The molecular weight excluding hydrogens is 330 g/mol. The molecule has 2 aromatic rings. The van der Waals surface area contributed by atoms with E-state index in [0.717, 1.165) is 6.26 Å². The summed E-state index contributed by atoms with van der Waals surface area (Å²) in [5, 5.41) is 0.101. The zero-order valence-electron chi connectivity index (χ0n) is 13.4. The minimum absolute atomic E-state index is 0.101. The number of fused-ring (bicyclic) bond motifs is 1. The van der Waals surface area contributed by atoms with Gasteiger partial charge in [0, 0.05) is 24.1 Å². The minimum Gasteiger partial charge on any atom is -0.468 e. The number of hydrogen-bond donors (Lipinski definition) is 0. The third-order valence-corrected chi connectivity index (χ3v) is 5.54. The van der Waals surface area contributed by atoms with Crippen molar-refractivity contribution in [1.82, 2.24) is 4.57 Å². The lowest BCUT2D eigenvalue weighted by atomic mass is 9.76. The molecule has 24 heavy (non-hydrogen) atoms. The van der Waals surface area contributed by atoms with Crippen LogP contribution in [0.1, 0.15) is 22.5 Å². The van der Waals surface area contributed by atoms with Crippen LogP contribution in [0, 0.1) is 0 Å². The van der Waals surface area contributed by atoms with Crippen molar-refractivity contribution in [3.05, 3.63) is 53.7 Å². The van der Waals surface area contributed by atoms with Gasteiger partial charge in [-0.3, -0.25) is 9.59 Å². The van der Waals surface area contributed by atoms with Gasteiger partial charge in [0.2, 0.25) is 0 Å². The number of carbonyl (C=O) groups is 2. The van der Waals surface area contributed by atoms with Gasteiger partial charge in [0.1, 0.15) is 5.03 Å². The summed E-state index contributed by atoms with van der Waals surface area (Å²) in [5.74, 6) is -1.06. The summed E-state index contributed by atoms with van der Waals surface area (Å²) >= 11 is 0. The Labute approximate surface area is 140 Å². The Morgan fingerprint density at radius 2 is 1.79 bits per heavy atom. The molecular formula is C17H17NO5S. The van der Waals surface area contributed by atoms with E-state index in [1.165, 1.54) is 23.8 Å². The van der Waals surface area contributed by atoms with E-state index in [1.54, 1.807) is 30.3 Å². The van der Waals surface area contributed by atoms with Crippen LogP contribution in [0.25, 0.3) is 0 Å². The van der Waals surface area contributed by atoms with E-state index < -0.39 is 21.2 Å². The van der Waals surface area contributed by atoms with Gasteiger partial charge in [-0.25, -0.2) is 8.42 Å². The van der Waals surface area contributed by atoms with Gasteiger partial charge < -0.3 is 9.30 Å². The summed E-state index contributed by atoms with van der Waals surface area (Å²) in [4.78, 5) is 25.7. The molecule has 2 heterocycles. The van der Waals surface area contributed by atoms with E-state index in [1.807, 2.05) is 0 Å². The van der Waals surface area contributed by atoms with Gasteiger partial charge >= 0.3 is 5.97 Å². The summed E-state index contributed by atoms with van der Waals surface area (Å²) in [6.45, 7) is 0.262. The van der Waals surface area contributed by atoms with Crippen molar-refractivity contribution in [3.8, 4) is 0 Å². The Balaban J connectivity index is 2.21. The summed E-state index contributed by atoms with van der Waals surface area (Å²) in [5.41, 5.74) is -0.763. The molecule has 0 spiro atoms. The SMILES string of the molecule is COC(=O)C1(C(=O)c2ccccc2)CCn2c1ccc2S(C)(=O)=O. The highest BCUT2D eigenvalue weighted by atomic mass is 32.2. The molecule has 7 heteroatoms. The monoisotopic (exact) mass is 347 g/mol. The van der Waals surface area contributed by atoms with Crippen LogP contribution in [0.4, 0.5) is 0 Å². The van der Waals surface area contributed by atoms with Crippen LogP contribution in [0.15, 0.2) is 47.5 Å². The molecule has 6 nitrogen and oxygen atoms in total. The van der Waals surface area contributed by atoms with E-state index in [4.69, 9.17) is 4.74 Å². The van der Waals surface area contributed by atoms with Crippen molar-refractivity contribution in [2.75, 3.05) is 13.4 Å². The first-order valence-electron chi connectivity index (χ1n) is 7.40. The summed E-state index contributed by atoms with van der Waals surface area (Å²) in [6, 6.07) is 11.4. The quantitative estimate of drug-likeness (QED) is 0.476. The average molecular weight is 347 g/mol. The van der Waals surface area contributed by atoms with Crippen molar-refractivity contribution >= 4 is 21.6 Å². The van der Waals surface area contributed by atoms with Crippen LogP contribution < -0.4 is 0 Å². The smallest absolute Gasteiger partial charge is 0.325 e. The Kier molecular flexibility index (Phi) is 3.83. The van der Waals surface area contributed by atoms with Crippen LogP contribution in [-0.4, -0.2) is 38.1 Å². The number of sulfone groups is 1. The van der Waals surface area contributed by atoms with E-state index >= 15 is 0 Å². The molecule has 126 valence electrons. The molecule has 0 radical (unpaired) electrons. The zero-order valence-corrected chi connectivity index (χ0v) is 14.2. The van der Waals surface area contributed by atoms with Crippen LogP contribution in [0.5, 0.6) is 0 Å². The number of Topliss-reactive ketones (excluding diaryl/α,β-unsaturated/α-hetero) is 1. The number of methoxy groups -OCH3 is 1. The molecule has 1 atom stereocenters. The molecule has 0 fully saturated rings. The van der Waals surface area contributed by atoms with Gasteiger partial charge in [0.15, 0.2) is 21.0 Å². The first-order valence-corrected chi connectivity index (χ1v) is 9.30. The summed E-state index contributed by atoms with van der Waals surface area (Å²) in [7, 11) is -2.23. The topological polar surface area (TPSA) is 82.4 Å². The summed E-state index contributed by atoms with van der Waals surface area (Å²) in [6.07, 6.45) is 1.28. The molecule has 0 bridgehead atoms. The third-order valence-electron chi connectivity index (χ3n) is 4.43. The van der Waals surface area contributed by atoms with Crippen molar-refractivity contribution < 1.29 is 22.7 Å². The Morgan fingerprint density at radius 3 is 2.38 bits per heavy atom. The van der Waals surface area contributed by atoms with Gasteiger partial charge in [-0.15, -0.1) is 0 Å². The van der Waals surface area contributed by atoms with Gasteiger partial charge in [0.25, 0.3) is 0 Å². The molecule has 0 saturated heterocycles. The number of nitrogens with zero attached hydrogens (tertiary/aromatic N) is 1. The molecule has 1 unspecified atom stereocenters. The molecule has 0 aliphatic carbocycles. The Hall–Kier alpha value is -2.41. The fourth-order valence-electron chi connectivity index (χ4n) is 3.32. The number of esters is 1. The zero-order chi connectivity index (χ0) is 17.5. The number of carbonyl (C=O) groups excluding carboxylic acids is 2. The van der Waals surface area contributed by atoms with E-state index in [9.17, 15) is 18.0 Å². The lowest BCUT2D eigenvalue weighted by Gasteiger charge is -2.24. The maximum atomic E-state index is 13.1. The second kappa shape index (κ2) is 5.59. The molecule has 3 rings (SSSR count). The molecule has 1 aromatic heterocycles. The molecule has 0 amide bonds. The van der Waals surface area contributed by atoms with Crippen LogP contribution >= 0.6 is 0 Å². The third kappa shape index (κ3) is 2.27. The second-order valence-electron chi connectivity index (χ2n) is 5.82. The maximum Gasteiger partial charge on any atom is 0.325 e. The fraction of sp³-hybridized carbons (Fsp3) is 0.294. The minimum atomic E-state index is -3.46. The lowest BCUT2D eigenvalue weighted by molar-refractivity contribution is -0.145. The van der Waals surface area contributed by atoms with Gasteiger partial charge in [-0.05, 0) is 18.6 Å². The Morgan fingerprint density at radius 1 is 1.12 bits per heavy atom. The van der Waals surface area contributed by atoms with Crippen molar-refractivity contribution in [2.24, 2.45) is 0 Å². The van der Waals surface area contributed by atoms with Crippen molar-refractivity contribution in [3.63, 3.8) is 0 Å². The van der Waals surface area contributed by atoms with Crippen LogP contribution in [0.3, 0.4) is 0 Å². The number of benzene rings is 1. The number of hydrogen-bond acceptors (Lipinski definition) is 5. The van der Waals surface area contributed by atoms with E-state index in [2.05, 4.69) is 0 Å². The van der Waals surface area contributed by atoms with Crippen LogP contribution in [-0.2, 0) is 31.3 Å². The Bertz CT molecular complexity index is 914. The lowest BCUT2D eigenvalue weighted by Crippen LogP contribution is -2.43. The van der Waals surface area contributed by atoms with Gasteiger partial charge in [-0.1, -0.05) is 30.3 Å². The molecule has 1 aromatic carbocycles. The largest absolute Gasteiger partial charge is 0.468 e. The standard InChI is InChI=1S/C17H17NO5S/c1-23-16(20)17(15(19)12-6-4-3-5-7-12)10-11-18-13(17)8-9-14(18)24(2,21)22/h3-9H,10-11H2,1-2H3. The van der Waals surface area contributed by atoms with Crippen molar-refractivity contribution in [2.45, 2.75) is 23.4 Å². The number of aromatic nitrogens is 1. The molecule has 0 N–H and O–H groups in total. The highest BCUT2D eigenvalue weighted by Gasteiger charge is 2.54. The normalized spacial score (nSPS) is 19.8. The molecule has 1 aliphatic rings. The first-order chi connectivity index (χ1) is 11.3. The van der Waals surface area contributed by atoms with Crippen LogP contribution in [0.2, 0.25) is 0 Å². The predicted molar refractivity (Wildman–Crippen MR) is 86.6 cm³/mol. The van der Waals surface area contributed by atoms with E-state index in [0.29, 0.717) is 11.3 Å².